The number of aliphatic hydroxyl groups excluding tert-OH is 5. The molecule has 7 unspecified atom stereocenters. The summed E-state index contributed by atoms with van der Waals surface area (Å²) in [5.74, 6) is 2.37. The van der Waals surface area contributed by atoms with Crippen molar-refractivity contribution in [3.8, 4) is 12.3 Å². The van der Waals surface area contributed by atoms with Crippen molar-refractivity contribution in [2.75, 3.05) is 26.1 Å². The number of phosphoric acid groups is 1. The van der Waals surface area contributed by atoms with Crippen molar-refractivity contribution in [3.63, 3.8) is 0 Å². The molecule has 23 heteroatoms. The highest BCUT2D eigenvalue weighted by Gasteiger charge is 2.58. The largest absolute Gasteiger partial charge is 0.481 e. The second-order valence-corrected chi connectivity index (χ2v) is 13.6. The molecule has 4 rings (SSSR count). The molecule has 12 atom stereocenters. The molecule has 0 spiro atoms. The Bertz CT molecular complexity index is 1450. The Morgan fingerprint density at radius 1 is 1.23 bits per heavy atom. The standard InChI is InChI=1S/C20H28FN5O14P2S/c1-3-20(35-2)15(31)9(37-19(20)26-7-25-10-16(22)23-6-24-17(10)26)5-36-42(34,43)40-41(32,33)39-18-13(30)11(28)12(29)14(38-18)8(21)4-27/h1,6-9,11-15,18-19,27-31H,4-5H2,2H3,(H,32,33)(H,34,43)(H2,22,23,24)/t8-,9+,11?,12?,13?,14?,15+,18?,19+,20+,42?/m0/s1. The van der Waals surface area contributed by atoms with E-state index in [1.807, 2.05) is 0 Å². The third-order valence-corrected chi connectivity index (χ3v) is 10.2. The summed E-state index contributed by atoms with van der Waals surface area (Å²) in [4.78, 5) is 32.6. The Morgan fingerprint density at radius 2 is 1.93 bits per heavy atom. The van der Waals surface area contributed by atoms with E-state index in [-0.39, 0.29) is 17.0 Å². The highest BCUT2D eigenvalue weighted by Crippen LogP contribution is 2.62. The lowest BCUT2D eigenvalue weighted by atomic mass is 9.94. The topological polar surface area (TPSA) is 284 Å². The molecule has 0 radical (unpaired) electrons. The molecule has 2 aliphatic rings. The first-order valence-corrected chi connectivity index (χ1v) is 16.1. The number of hydrogen-bond donors (Lipinski definition) is 8. The first kappa shape index (κ1) is 34.1. The van der Waals surface area contributed by atoms with E-state index in [0.29, 0.717) is 0 Å². The SMILES string of the molecule is C#C[C@@]1(OC)[C@H](O)[C@@H](COP(O)(=S)OP(=O)(O)OC2OC([C@@H](F)CO)C(O)C(O)C2O)O[C@H]1n1cnc2c(N)ncnc21. The molecule has 43 heavy (non-hydrogen) atoms. The van der Waals surface area contributed by atoms with Gasteiger partial charge in [0.15, 0.2) is 30.2 Å². The quantitative estimate of drug-likeness (QED) is 0.0881. The van der Waals surface area contributed by atoms with Gasteiger partial charge in [0.1, 0.15) is 48.5 Å². The molecule has 2 aromatic rings. The molecule has 2 fully saturated rings. The van der Waals surface area contributed by atoms with Gasteiger partial charge in [0, 0.05) is 7.11 Å². The molecular weight excluding hydrogens is 647 g/mol. The Balaban J connectivity index is 1.46. The van der Waals surface area contributed by atoms with E-state index in [4.69, 9.17) is 47.8 Å². The lowest BCUT2D eigenvalue weighted by Gasteiger charge is -2.41. The fourth-order valence-corrected chi connectivity index (χ4v) is 7.58. The van der Waals surface area contributed by atoms with Crippen LogP contribution >= 0.6 is 14.5 Å². The summed E-state index contributed by atoms with van der Waals surface area (Å²) in [6, 6.07) is 0. The van der Waals surface area contributed by atoms with Gasteiger partial charge in [-0.15, -0.1) is 6.42 Å². The second kappa shape index (κ2) is 12.9. The fourth-order valence-electron chi connectivity index (χ4n) is 4.48. The summed E-state index contributed by atoms with van der Waals surface area (Å²) in [7, 11) is -4.33. The van der Waals surface area contributed by atoms with Gasteiger partial charge < -0.3 is 59.8 Å². The number of hydrogen-bond acceptors (Lipinski definition) is 17. The van der Waals surface area contributed by atoms with Crippen LogP contribution in [0, 0.1) is 12.3 Å². The molecule has 2 saturated heterocycles. The number of fused-ring (bicyclic) bond motifs is 1. The van der Waals surface area contributed by atoms with Crippen LogP contribution in [0.15, 0.2) is 12.7 Å². The number of aliphatic hydroxyl groups is 5. The number of nitrogen functional groups attached to an aromatic ring is 1. The zero-order valence-corrected chi connectivity index (χ0v) is 24.5. The molecule has 0 bridgehead atoms. The van der Waals surface area contributed by atoms with Gasteiger partial charge in [-0.1, -0.05) is 5.92 Å². The van der Waals surface area contributed by atoms with Gasteiger partial charge in [-0.25, -0.2) is 28.2 Å². The van der Waals surface area contributed by atoms with Gasteiger partial charge in [0.25, 0.3) is 0 Å². The van der Waals surface area contributed by atoms with Crippen LogP contribution in [0.3, 0.4) is 0 Å². The average Bonchev–Trinajstić information content (AvgIpc) is 3.50. The van der Waals surface area contributed by atoms with Crippen molar-refractivity contribution in [1.29, 1.82) is 0 Å². The number of rotatable bonds is 11. The van der Waals surface area contributed by atoms with Gasteiger partial charge in [0.2, 0.25) is 5.60 Å². The van der Waals surface area contributed by atoms with E-state index in [1.54, 1.807) is 0 Å². The van der Waals surface area contributed by atoms with Gasteiger partial charge in [-0.3, -0.25) is 9.09 Å². The normalized spacial score (nSPS) is 36.6. The summed E-state index contributed by atoms with van der Waals surface area (Å²) in [5, 5.41) is 49.9. The van der Waals surface area contributed by atoms with E-state index in [2.05, 4.69) is 29.7 Å². The lowest BCUT2D eigenvalue weighted by molar-refractivity contribution is -0.287. The molecule has 0 amide bonds. The first-order chi connectivity index (χ1) is 20.1. The van der Waals surface area contributed by atoms with E-state index in [9.17, 15) is 39.2 Å². The predicted octanol–water partition coefficient (Wildman–Crippen LogP) is -2.81. The Morgan fingerprint density at radius 3 is 2.56 bits per heavy atom. The number of methoxy groups -OCH3 is 1. The van der Waals surface area contributed by atoms with Crippen LogP contribution in [0.5, 0.6) is 0 Å². The summed E-state index contributed by atoms with van der Waals surface area (Å²) in [6.07, 6.45) is -9.20. The van der Waals surface area contributed by atoms with Crippen molar-refractivity contribution < 1.29 is 71.8 Å². The summed E-state index contributed by atoms with van der Waals surface area (Å²) < 4.78 is 58.3. The third-order valence-electron chi connectivity index (χ3n) is 6.65. The highest BCUT2D eigenvalue weighted by molar-refractivity contribution is 8.08. The number of nitrogens with two attached hydrogens (primary N) is 1. The Hall–Kier alpha value is -1.80. The van der Waals surface area contributed by atoms with E-state index in [1.165, 1.54) is 18.0 Å². The number of halogens is 1. The smallest absolute Gasteiger partial charge is 0.393 e. The number of alkyl halides is 1. The minimum atomic E-state index is -5.52. The molecule has 4 heterocycles. The zero-order valence-electron chi connectivity index (χ0n) is 21.9. The van der Waals surface area contributed by atoms with Gasteiger partial charge in [-0.05, 0) is 11.8 Å². The number of imidazole rings is 1. The van der Waals surface area contributed by atoms with Gasteiger partial charge >= 0.3 is 14.5 Å². The minimum absolute atomic E-state index is 0.0462. The van der Waals surface area contributed by atoms with Crippen molar-refractivity contribution in [3.05, 3.63) is 12.7 Å². The number of phosphoric ester groups is 1. The number of anilines is 1. The van der Waals surface area contributed by atoms with E-state index >= 15 is 0 Å². The fraction of sp³-hybridized carbons (Fsp3) is 0.650. The lowest BCUT2D eigenvalue weighted by Crippen LogP contribution is -2.60. The van der Waals surface area contributed by atoms with E-state index in [0.717, 1.165) is 6.33 Å². The summed E-state index contributed by atoms with van der Waals surface area (Å²) >= 11 is 4.76. The average molecular weight is 675 g/mol. The molecule has 0 aliphatic carbocycles. The van der Waals surface area contributed by atoms with Gasteiger partial charge in [0.05, 0.1) is 19.5 Å². The molecule has 0 saturated carbocycles. The molecule has 2 aliphatic heterocycles. The number of ether oxygens (including phenoxy) is 3. The maximum Gasteiger partial charge on any atom is 0.481 e. The van der Waals surface area contributed by atoms with Crippen LogP contribution in [-0.2, 0) is 43.9 Å². The number of nitrogens with zero attached hydrogens (tertiary/aromatic N) is 4. The molecule has 0 aromatic carbocycles. The van der Waals surface area contributed by atoms with E-state index < -0.39 is 88.7 Å². The molecule has 240 valence electrons. The van der Waals surface area contributed by atoms with Crippen LogP contribution in [-0.4, -0.2) is 130 Å². The van der Waals surface area contributed by atoms with Crippen LogP contribution in [0.2, 0.25) is 0 Å². The van der Waals surface area contributed by atoms with Crippen LogP contribution in [0.25, 0.3) is 11.2 Å². The maximum absolute atomic E-state index is 14.0. The molecule has 9 N–H and O–H groups in total. The minimum Gasteiger partial charge on any atom is -0.393 e. The first-order valence-electron chi connectivity index (χ1n) is 12.0. The molecular formula is C20H28FN5O14P2S. The molecule has 2 aromatic heterocycles. The Labute approximate surface area is 246 Å². The second-order valence-electron chi connectivity index (χ2n) is 9.26. The Kier molecular flexibility index (Phi) is 10.2. The van der Waals surface area contributed by atoms with Crippen molar-refractivity contribution in [2.24, 2.45) is 0 Å². The zero-order chi connectivity index (χ0) is 31.9. The molecule has 19 nitrogen and oxygen atoms in total. The third kappa shape index (κ3) is 6.61. The highest BCUT2D eigenvalue weighted by atomic mass is 32.5. The van der Waals surface area contributed by atoms with Crippen LogP contribution < -0.4 is 5.73 Å². The van der Waals surface area contributed by atoms with Crippen molar-refractivity contribution >= 4 is 43.3 Å². The number of aromatic nitrogens is 4. The predicted molar refractivity (Wildman–Crippen MR) is 141 cm³/mol. The number of terminal acetylenes is 1. The van der Waals surface area contributed by atoms with Crippen molar-refractivity contribution in [1.82, 2.24) is 19.5 Å². The van der Waals surface area contributed by atoms with Gasteiger partial charge in [-0.2, -0.15) is 0 Å². The van der Waals surface area contributed by atoms with Crippen molar-refractivity contribution in [2.45, 2.75) is 60.9 Å². The maximum atomic E-state index is 14.0. The van der Waals surface area contributed by atoms with Crippen LogP contribution in [0.1, 0.15) is 6.23 Å². The summed E-state index contributed by atoms with van der Waals surface area (Å²) in [5.41, 5.74) is 4.31. The monoisotopic (exact) mass is 675 g/mol. The van der Waals surface area contributed by atoms with Crippen LogP contribution in [0.4, 0.5) is 10.2 Å². The summed E-state index contributed by atoms with van der Waals surface area (Å²) in [6.45, 7) is -6.71.